The molecule has 1 amide bonds. The fourth-order valence-electron chi connectivity index (χ4n) is 3.19. The van der Waals surface area contributed by atoms with Crippen molar-refractivity contribution in [3.8, 4) is 23.0 Å². The molecule has 0 unspecified atom stereocenters. The number of aromatic nitrogens is 2. The maximum Gasteiger partial charge on any atom is 0.261 e. The Balaban J connectivity index is 1.66. The van der Waals surface area contributed by atoms with E-state index in [4.69, 9.17) is 18.9 Å². The molecule has 0 spiro atoms. The Morgan fingerprint density at radius 1 is 0.935 bits per heavy atom. The third kappa shape index (κ3) is 4.88. The van der Waals surface area contributed by atoms with Crippen LogP contribution in [0.15, 0.2) is 41.5 Å². The van der Waals surface area contributed by atoms with Gasteiger partial charge in [-0.2, -0.15) is 0 Å². The molecule has 3 rings (SSSR count). The lowest BCUT2D eigenvalue weighted by atomic mass is 10.1. The first-order valence-corrected chi connectivity index (χ1v) is 9.59. The molecule has 0 fully saturated rings. The first-order valence-electron chi connectivity index (χ1n) is 9.59. The summed E-state index contributed by atoms with van der Waals surface area (Å²) in [4.78, 5) is 29.4. The van der Waals surface area contributed by atoms with E-state index in [0.29, 0.717) is 46.9 Å². The number of hydrogen-bond donors (Lipinski definition) is 1. The average Bonchev–Trinajstić information content (AvgIpc) is 2.80. The predicted octanol–water partition coefficient (Wildman–Crippen LogP) is 1.79. The molecular formula is C22H25N3O6. The minimum atomic E-state index is -0.332. The Hall–Kier alpha value is -3.75. The number of fused-ring (bicyclic) bond motifs is 1. The number of nitrogens with one attached hydrogen (secondary N) is 1. The fraction of sp³-hybridized carbons (Fsp3) is 0.318. The number of carbonyl (C=O) groups is 1. The van der Waals surface area contributed by atoms with Gasteiger partial charge in [0.05, 0.1) is 45.7 Å². The Morgan fingerprint density at radius 3 is 2.26 bits per heavy atom. The van der Waals surface area contributed by atoms with Gasteiger partial charge in [0, 0.05) is 12.6 Å². The van der Waals surface area contributed by atoms with E-state index in [2.05, 4.69) is 10.3 Å². The zero-order valence-electron chi connectivity index (χ0n) is 17.9. The number of carbonyl (C=O) groups excluding carboxylic acids is 1. The number of methoxy groups -OCH3 is 4. The summed E-state index contributed by atoms with van der Waals surface area (Å²) in [6.45, 7) is 0.275. The molecular weight excluding hydrogens is 402 g/mol. The molecule has 0 aliphatic carbocycles. The molecule has 0 radical (unpaired) electrons. The van der Waals surface area contributed by atoms with Crippen LogP contribution in [0.2, 0.25) is 0 Å². The van der Waals surface area contributed by atoms with Crippen molar-refractivity contribution in [3.05, 3.63) is 52.6 Å². The van der Waals surface area contributed by atoms with Gasteiger partial charge >= 0.3 is 0 Å². The molecule has 3 aromatic rings. The second kappa shape index (κ2) is 9.84. The molecule has 0 aliphatic heterocycles. The van der Waals surface area contributed by atoms with Gasteiger partial charge in [-0.25, -0.2) is 4.98 Å². The van der Waals surface area contributed by atoms with Crippen molar-refractivity contribution in [1.29, 1.82) is 0 Å². The number of amides is 1. The van der Waals surface area contributed by atoms with Crippen LogP contribution in [0.25, 0.3) is 10.9 Å². The number of hydrogen-bond acceptors (Lipinski definition) is 7. The molecule has 9 heteroatoms. The smallest absolute Gasteiger partial charge is 0.261 e. The average molecular weight is 427 g/mol. The highest BCUT2D eigenvalue weighted by Crippen LogP contribution is 2.30. The number of ether oxygens (including phenoxy) is 4. The summed E-state index contributed by atoms with van der Waals surface area (Å²) >= 11 is 0. The normalized spacial score (nSPS) is 10.6. The summed E-state index contributed by atoms with van der Waals surface area (Å²) in [5.74, 6) is 1.89. The Bertz CT molecular complexity index is 1140. The van der Waals surface area contributed by atoms with Crippen molar-refractivity contribution in [2.24, 2.45) is 0 Å². The minimum Gasteiger partial charge on any atom is -0.493 e. The van der Waals surface area contributed by atoms with Crippen LogP contribution in [0.4, 0.5) is 0 Å². The molecule has 1 heterocycles. The number of nitrogens with zero attached hydrogens (tertiary/aromatic N) is 2. The van der Waals surface area contributed by atoms with Crippen molar-refractivity contribution in [3.63, 3.8) is 0 Å². The van der Waals surface area contributed by atoms with Gasteiger partial charge in [0.2, 0.25) is 5.91 Å². The fourth-order valence-corrected chi connectivity index (χ4v) is 3.19. The highest BCUT2D eigenvalue weighted by molar-refractivity contribution is 5.82. The van der Waals surface area contributed by atoms with E-state index in [0.717, 1.165) is 5.56 Å². The first-order chi connectivity index (χ1) is 15.0. The van der Waals surface area contributed by atoms with Crippen LogP contribution in [-0.2, 0) is 17.8 Å². The van der Waals surface area contributed by atoms with Crippen molar-refractivity contribution < 1.29 is 23.7 Å². The van der Waals surface area contributed by atoms with Crippen LogP contribution in [0.1, 0.15) is 5.56 Å². The van der Waals surface area contributed by atoms with E-state index in [-0.39, 0.29) is 18.0 Å². The molecule has 2 aromatic carbocycles. The standard InChI is InChI=1S/C22H25N3O6/c1-28-17-6-5-14(9-18(17)29-2)7-8-23-21(26)12-25-13-24-16-11-20(31-4)19(30-3)10-15(16)22(25)27/h5-6,9-11,13H,7-8,12H2,1-4H3,(H,23,26). The zero-order valence-corrected chi connectivity index (χ0v) is 17.9. The molecule has 0 aliphatic rings. The van der Waals surface area contributed by atoms with E-state index < -0.39 is 0 Å². The lowest BCUT2D eigenvalue weighted by molar-refractivity contribution is -0.121. The number of rotatable bonds is 9. The van der Waals surface area contributed by atoms with E-state index in [1.165, 1.54) is 25.1 Å². The van der Waals surface area contributed by atoms with E-state index >= 15 is 0 Å². The SMILES string of the molecule is COc1ccc(CCNC(=O)Cn2cnc3cc(OC)c(OC)cc3c2=O)cc1OC. The molecule has 0 saturated carbocycles. The maximum atomic E-state index is 12.8. The Morgan fingerprint density at radius 2 is 1.58 bits per heavy atom. The summed E-state index contributed by atoms with van der Waals surface area (Å²) in [6, 6.07) is 8.79. The molecule has 1 N–H and O–H groups in total. The summed E-state index contributed by atoms with van der Waals surface area (Å²) < 4.78 is 22.3. The predicted molar refractivity (Wildman–Crippen MR) is 115 cm³/mol. The van der Waals surface area contributed by atoms with Gasteiger partial charge in [0.15, 0.2) is 23.0 Å². The van der Waals surface area contributed by atoms with Crippen LogP contribution in [0, 0.1) is 0 Å². The van der Waals surface area contributed by atoms with Gasteiger partial charge in [0.25, 0.3) is 5.56 Å². The van der Waals surface area contributed by atoms with Gasteiger partial charge < -0.3 is 24.3 Å². The lowest BCUT2D eigenvalue weighted by Gasteiger charge is -2.11. The molecule has 0 saturated heterocycles. The van der Waals surface area contributed by atoms with Crippen molar-refractivity contribution in [1.82, 2.24) is 14.9 Å². The summed E-state index contributed by atoms with van der Waals surface area (Å²) in [5, 5.41) is 3.16. The third-order valence-electron chi connectivity index (χ3n) is 4.83. The van der Waals surface area contributed by atoms with E-state index in [1.54, 1.807) is 26.4 Å². The van der Waals surface area contributed by atoms with E-state index in [9.17, 15) is 9.59 Å². The first kappa shape index (κ1) is 21.9. The highest BCUT2D eigenvalue weighted by Gasteiger charge is 2.13. The maximum absolute atomic E-state index is 12.8. The molecule has 9 nitrogen and oxygen atoms in total. The molecule has 0 bridgehead atoms. The molecule has 31 heavy (non-hydrogen) atoms. The van der Waals surface area contributed by atoms with E-state index in [1.807, 2.05) is 18.2 Å². The van der Waals surface area contributed by atoms with Crippen LogP contribution in [-0.4, -0.2) is 50.4 Å². The van der Waals surface area contributed by atoms with Gasteiger partial charge in [-0.15, -0.1) is 0 Å². The van der Waals surface area contributed by atoms with Gasteiger partial charge in [-0.3, -0.25) is 14.2 Å². The number of benzene rings is 2. The third-order valence-corrected chi connectivity index (χ3v) is 4.83. The quantitative estimate of drug-likeness (QED) is 0.556. The largest absolute Gasteiger partial charge is 0.493 e. The summed E-state index contributed by atoms with van der Waals surface area (Å²) in [6.07, 6.45) is 1.96. The van der Waals surface area contributed by atoms with Crippen LogP contribution in [0.3, 0.4) is 0 Å². The Labute approximate surface area is 179 Å². The molecule has 1 aromatic heterocycles. The summed E-state index contributed by atoms with van der Waals surface area (Å²) in [7, 11) is 6.15. The minimum absolute atomic E-state index is 0.137. The molecule has 164 valence electrons. The highest BCUT2D eigenvalue weighted by atomic mass is 16.5. The second-order valence-corrected chi connectivity index (χ2v) is 6.69. The molecule has 0 atom stereocenters. The van der Waals surface area contributed by atoms with Gasteiger partial charge in [0.1, 0.15) is 6.54 Å². The van der Waals surface area contributed by atoms with Crippen LogP contribution in [0.5, 0.6) is 23.0 Å². The van der Waals surface area contributed by atoms with Crippen molar-refractivity contribution >= 4 is 16.8 Å². The van der Waals surface area contributed by atoms with Gasteiger partial charge in [-0.05, 0) is 30.2 Å². The van der Waals surface area contributed by atoms with Crippen molar-refractivity contribution in [2.75, 3.05) is 35.0 Å². The Kier molecular flexibility index (Phi) is 6.96. The van der Waals surface area contributed by atoms with Crippen molar-refractivity contribution in [2.45, 2.75) is 13.0 Å². The van der Waals surface area contributed by atoms with Crippen LogP contribution >= 0.6 is 0 Å². The monoisotopic (exact) mass is 427 g/mol. The van der Waals surface area contributed by atoms with Crippen LogP contribution < -0.4 is 29.8 Å². The summed E-state index contributed by atoms with van der Waals surface area (Å²) in [5.41, 5.74) is 1.12. The zero-order chi connectivity index (χ0) is 22.4. The van der Waals surface area contributed by atoms with Gasteiger partial charge in [-0.1, -0.05) is 6.07 Å². The second-order valence-electron chi connectivity index (χ2n) is 6.69. The topological polar surface area (TPSA) is 101 Å². The lowest BCUT2D eigenvalue weighted by Crippen LogP contribution is -2.33.